The summed E-state index contributed by atoms with van der Waals surface area (Å²) in [5.41, 5.74) is 4.67. The summed E-state index contributed by atoms with van der Waals surface area (Å²) < 4.78 is 36.3. The molecule has 1 heterocycles. The highest BCUT2D eigenvalue weighted by atomic mass is 32.2. The normalized spacial score (nSPS) is 11.3. The third kappa shape index (κ3) is 4.45. The molecule has 0 aliphatic heterocycles. The van der Waals surface area contributed by atoms with Gasteiger partial charge in [-0.3, -0.25) is 9.52 Å². The lowest BCUT2D eigenvalue weighted by Crippen LogP contribution is -2.13. The zero-order valence-corrected chi connectivity index (χ0v) is 18.6. The van der Waals surface area contributed by atoms with Crippen LogP contribution in [-0.4, -0.2) is 27.7 Å². The molecule has 0 unspecified atom stereocenters. The number of fused-ring (bicyclic) bond motifs is 1. The van der Waals surface area contributed by atoms with Crippen molar-refractivity contribution in [3.63, 3.8) is 0 Å². The van der Waals surface area contributed by atoms with Crippen molar-refractivity contribution in [2.45, 2.75) is 6.92 Å². The maximum Gasteiger partial charge on any atom is 0.259 e. The van der Waals surface area contributed by atoms with Gasteiger partial charge >= 0.3 is 0 Å². The smallest absolute Gasteiger partial charge is 0.259 e. The fourth-order valence-corrected chi connectivity index (χ4v) is 4.17. The first-order chi connectivity index (χ1) is 15.2. The van der Waals surface area contributed by atoms with Gasteiger partial charge in [0.25, 0.3) is 5.91 Å². The van der Waals surface area contributed by atoms with Crippen LogP contribution in [0.5, 0.6) is 5.75 Å². The number of aryl methyl sites for hydroxylation is 1. The van der Waals surface area contributed by atoms with E-state index < -0.39 is 10.0 Å². The van der Waals surface area contributed by atoms with E-state index >= 15 is 0 Å². The van der Waals surface area contributed by atoms with Crippen LogP contribution < -0.4 is 14.8 Å². The number of anilines is 2. The lowest BCUT2D eigenvalue weighted by atomic mass is 9.95. The van der Waals surface area contributed by atoms with Gasteiger partial charge in [-0.2, -0.15) is 0 Å². The summed E-state index contributed by atoms with van der Waals surface area (Å²) in [6, 6.07) is 17.8. The van der Waals surface area contributed by atoms with Gasteiger partial charge in [-0.15, -0.1) is 0 Å². The average Bonchev–Trinajstić information content (AvgIpc) is 3.22. The number of carbonyl (C=O) groups is 1. The van der Waals surface area contributed by atoms with Crippen molar-refractivity contribution in [1.29, 1.82) is 0 Å². The van der Waals surface area contributed by atoms with Crippen LogP contribution in [0.1, 0.15) is 15.9 Å². The van der Waals surface area contributed by atoms with E-state index in [-0.39, 0.29) is 5.91 Å². The van der Waals surface area contributed by atoms with Crippen LogP contribution >= 0.6 is 0 Å². The number of hydrogen-bond donors (Lipinski definition) is 2. The third-order valence-electron chi connectivity index (χ3n) is 5.01. The number of rotatable bonds is 6. The van der Waals surface area contributed by atoms with Crippen LogP contribution in [-0.2, 0) is 10.0 Å². The van der Waals surface area contributed by atoms with Gasteiger partial charge in [-0.1, -0.05) is 18.2 Å². The van der Waals surface area contributed by atoms with Crippen molar-refractivity contribution >= 4 is 38.3 Å². The lowest BCUT2D eigenvalue weighted by Gasteiger charge is -2.12. The highest BCUT2D eigenvalue weighted by molar-refractivity contribution is 7.92. The standard InChI is InChI=1S/C24H22N2O5S/c1-15-13-18(30-2)7-8-19(15)20-9-10-22(23-21(20)11-12-31-23)24(27)25-16-5-4-6-17(14-16)26-32(3,28)29/h4-14,26H,1-3H3,(H,25,27). The van der Waals surface area contributed by atoms with E-state index in [1.54, 1.807) is 43.7 Å². The average molecular weight is 451 g/mol. The lowest BCUT2D eigenvalue weighted by molar-refractivity contribution is 0.102. The summed E-state index contributed by atoms with van der Waals surface area (Å²) in [5.74, 6) is 0.415. The van der Waals surface area contributed by atoms with Gasteiger partial charge in [0.1, 0.15) is 11.3 Å². The molecule has 164 valence electrons. The fraction of sp³-hybridized carbons (Fsp3) is 0.125. The Kier molecular flexibility index (Phi) is 5.63. The molecule has 4 aromatic rings. The maximum absolute atomic E-state index is 13.0. The second-order valence-electron chi connectivity index (χ2n) is 7.41. The first-order valence-corrected chi connectivity index (χ1v) is 11.7. The molecule has 0 radical (unpaired) electrons. The molecule has 0 fully saturated rings. The Morgan fingerprint density at radius 2 is 1.72 bits per heavy atom. The molecule has 7 nitrogen and oxygen atoms in total. The quantitative estimate of drug-likeness (QED) is 0.429. The molecule has 0 aliphatic carbocycles. The Labute approximate surface area is 186 Å². The summed E-state index contributed by atoms with van der Waals surface area (Å²) >= 11 is 0. The molecule has 0 saturated carbocycles. The first kappa shape index (κ1) is 21.5. The van der Waals surface area contributed by atoms with Crippen LogP contribution in [0.15, 0.2) is 71.3 Å². The molecule has 0 atom stereocenters. The molecule has 0 bridgehead atoms. The van der Waals surface area contributed by atoms with Crippen molar-refractivity contribution in [2.75, 3.05) is 23.4 Å². The van der Waals surface area contributed by atoms with E-state index in [2.05, 4.69) is 10.0 Å². The minimum atomic E-state index is -3.42. The number of sulfonamides is 1. The van der Waals surface area contributed by atoms with Crippen molar-refractivity contribution in [3.05, 3.63) is 78.1 Å². The monoisotopic (exact) mass is 450 g/mol. The van der Waals surface area contributed by atoms with Crippen LogP contribution in [0.3, 0.4) is 0 Å². The number of carbonyl (C=O) groups excluding carboxylic acids is 1. The molecule has 32 heavy (non-hydrogen) atoms. The zero-order chi connectivity index (χ0) is 22.9. The number of ether oxygens (including phenoxy) is 1. The Morgan fingerprint density at radius 3 is 2.44 bits per heavy atom. The van der Waals surface area contributed by atoms with Crippen molar-refractivity contribution in [2.24, 2.45) is 0 Å². The Hall–Kier alpha value is -3.78. The van der Waals surface area contributed by atoms with Gasteiger partial charge in [0, 0.05) is 11.1 Å². The molecule has 0 aliphatic rings. The Morgan fingerprint density at radius 1 is 0.969 bits per heavy atom. The second kappa shape index (κ2) is 8.39. The van der Waals surface area contributed by atoms with Crippen LogP contribution in [0.25, 0.3) is 22.1 Å². The molecular weight excluding hydrogens is 428 g/mol. The van der Waals surface area contributed by atoms with E-state index in [4.69, 9.17) is 9.15 Å². The molecule has 3 aromatic carbocycles. The van der Waals surface area contributed by atoms with Crippen LogP contribution in [0.2, 0.25) is 0 Å². The van der Waals surface area contributed by atoms with Gasteiger partial charge in [-0.05, 0) is 66.1 Å². The minimum Gasteiger partial charge on any atom is -0.497 e. The first-order valence-electron chi connectivity index (χ1n) is 9.79. The number of hydrogen-bond acceptors (Lipinski definition) is 5. The molecule has 0 spiro atoms. The highest BCUT2D eigenvalue weighted by Gasteiger charge is 2.17. The number of benzene rings is 3. The fourth-order valence-electron chi connectivity index (χ4n) is 3.61. The number of methoxy groups -OCH3 is 1. The van der Waals surface area contributed by atoms with Gasteiger partial charge in [0.05, 0.1) is 30.9 Å². The van der Waals surface area contributed by atoms with Crippen LogP contribution in [0, 0.1) is 6.92 Å². The van der Waals surface area contributed by atoms with Crippen molar-refractivity contribution in [1.82, 2.24) is 0 Å². The van der Waals surface area contributed by atoms with Gasteiger partial charge in [0.2, 0.25) is 10.0 Å². The summed E-state index contributed by atoms with van der Waals surface area (Å²) in [6.45, 7) is 2.00. The molecule has 1 amide bonds. The number of furan rings is 1. The van der Waals surface area contributed by atoms with E-state index in [1.165, 1.54) is 0 Å². The van der Waals surface area contributed by atoms with Crippen molar-refractivity contribution in [3.8, 4) is 16.9 Å². The van der Waals surface area contributed by atoms with Gasteiger partial charge in [-0.25, -0.2) is 8.42 Å². The largest absolute Gasteiger partial charge is 0.497 e. The minimum absolute atomic E-state index is 0.360. The van der Waals surface area contributed by atoms with E-state index in [9.17, 15) is 13.2 Å². The highest BCUT2D eigenvalue weighted by Crippen LogP contribution is 2.35. The molecule has 1 aromatic heterocycles. The number of amides is 1. The van der Waals surface area contributed by atoms with Crippen LogP contribution in [0.4, 0.5) is 11.4 Å². The molecule has 8 heteroatoms. The SMILES string of the molecule is COc1ccc(-c2ccc(C(=O)Nc3cccc(NS(C)(=O)=O)c3)c3occc23)c(C)c1. The maximum atomic E-state index is 13.0. The Bertz CT molecular complexity index is 1420. The zero-order valence-electron chi connectivity index (χ0n) is 17.8. The van der Waals surface area contributed by atoms with Gasteiger partial charge < -0.3 is 14.5 Å². The molecule has 4 rings (SSSR count). The van der Waals surface area contributed by atoms with E-state index in [1.807, 2.05) is 37.3 Å². The van der Waals surface area contributed by atoms with Crippen molar-refractivity contribution < 1.29 is 22.4 Å². The van der Waals surface area contributed by atoms with E-state index in [0.29, 0.717) is 22.5 Å². The number of nitrogens with one attached hydrogen (secondary N) is 2. The summed E-state index contributed by atoms with van der Waals surface area (Å²) in [4.78, 5) is 13.0. The summed E-state index contributed by atoms with van der Waals surface area (Å²) in [6.07, 6.45) is 2.62. The predicted octanol–water partition coefficient (Wildman–Crippen LogP) is 5.04. The predicted molar refractivity (Wildman–Crippen MR) is 126 cm³/mol. The van der Waals surface area contributed by atoms with E-state index in [0.717, 1.165) is 34.1 Å². The topological polar surface area (TPSA) is 97.6 Å². The molecule has 2 N–H and O–H groups in total. The third-order valence-corrected chi connectivity index (χ3v) is 5.62. The second-order valence-corrected chi connectivity index (χ2v) is 9.16. The summed E-state index contributed by atoms with van der Waals surface area (Å²) in [7, 11) is -1.79. The molecule has 0 saturated heterocycles. The molecular formula is C24H22N2O5S. The Balaban J connectivity index is 1.67. The van der Waals surface area contributed by atoms with Gasteiger partial charge in [0.15, 0.2) is 0 Å². The summed E-state index contributed by atoms with van der Waals surface area (Å²) in [5, 5.41) is 3.62.